The summed E-state index contributed by atoms with van der Waals surface area (Å²) in [4.78, 5) is 0. The van der Waals surface area contributed by atoms with E-state index >= 15 is 0 Å². The van der Waals surface area contributed by atoms with Crippen molar-refractivity contribution in [2.45, 2.75) is 18.6 Å². The van der Waals surface area contributed by atoms with Crippen molar-refractivity contribution >= 4 is 10.2 Å². The highest BCUT2D eigenvalue weighted by atomic mass is 32.2. The predicted octanol–water partition coefficient (Wildman–Crippen LogP) is -0.584. The third kappa shape index (κ3) is 3.93. The maximum Gasteiger partial charge on any atom is 0.402 e. The summed E-state index contributed by atoms with van der Waals surface area (Å²) in [6, 6.07) is -0.299. The van der Waals surface area contributed by atoms with Gasteiger partial charge in [0.25, 0.3) is 10.2 Å². The minimum atomic E-state index is -4.55. The monoisotopic (exact) mass is 247 g/mol. The van der Waals surface area contributed by atoms with Gasteiger partial charge in [0, 0.05) is 19.1 Å². The molecule has 0 aromatic rings. The van der Waals surface area contributed by atoms with Crippen LogP contribution in [0.3, 0.4) is 0 Å². The Balaban J connectivity index is 2.53. The fraction of sp³-hybridized carbons (Fsp3) is 1.00. The molecule has 90 valence electrons. The number of halogens is 3. The Morgan fingerprint density at radius 3 is 2.47 bits per heavy atom. The van der Waals surface area contributed by atoms with E-state index in [1.165, 1.54) is 4.72 Å². The quantitative estimate of drug-likeness (QED) is 0.700. The molecule has 0 aromatic carbocycles. The molecule has 1 aliphatic heterocycles. The van der Waals surface area contributed by atoms with Crippen LogP contribution in [0.5, 0.6) is 0 Å². The summed E-state index contributed by atoms with van der Waals surface area (Å²) in [5, 5.41) is 0. The maximum absolute atomic E-state index is 11.8. The summed E-state index contributed by atoms with van der Waals surface area (Å²) in [7, 11) is -4.04. The second kappa shape index (κ2) is 4.24. The van der Waals surface area contributed by atoms with Crippen LogP contribution in [0.2, 0.25) is 0 Å². The van der Waals surface area contributed by atoms with E-state index in [-0.39, 0.29) is 19.1 Å². The van der Waals surface area contributed by atoms with Crippen LogP contribution in [0.25, 0.3) is 0 Å². The number of alkyl halides is 3. The molecule has 9 heteroatoms. The molecule has 0 aromatic heterocycles. The first kappa shape index (κ1) is 12.7. The molecule has 3 N–H and O–H groups in total. The van der Waals surface area contributed by atoms with Crippen LogP contribution in [-0.4, -0.2) is 44.6 Å². The molecule has 1 rings (SSSR count). The lowest BCUT2D eigenvalue weighted by Gasteiger charge is -2.17. The lowest BCUT2D eigenvalue weighted by atomic mass is 10.3. The van der Waals surface area contributed by atoms with E-state index in [4.69, 9.17) is 5.73 Å². The van der Waals surface area contributed by atoms with Gasteiger partial charge in [0.05, 0.1) is 0 Å². The van der Waals surface area contributed by atoms with E-state index in [9.17, 15) is 21.6 Å². The molecule has 1 fully saturated rings. The van der Waals surface area contributed by atoms with Crippen molar-refractivity contribution in [3.63, 3.8) is 0 Å². The van der Waals surface area contributed by atoms with Crippen molar-refractivity contribution in [1.29, 1.82) is 0 Å². The van der Waals surface area contributed by atoms with Crippen molar-refractivity contribution in [2.24, 2.45) is 5.73 Å². The summed E-state index contributed by atoms with van der Waals surface area (Å²) < 4.78 is 60.3. The van der Waals surface area contributed by atoms with Gasteiger partial charge in [-0.25, -0.2) is 0 Å². The third-order valence-corrected chi connectivity index (χ3v) is 3.50. The molecule has 15 heavy (non-hydrogen) atoms. The number of hydrogen-bond acceptors (Lipinski definition) is 3. The van der Waals surface area contributed by atoms with Crippen molar-refractivity contribution in [3.05, 3.63) is 0 Å². The van der Waals surface area contributed by atoms with Gasteiger partial charge in [-0.3, -0.25) is 0 Å². The molecular formula is C6H12F3N3O2S. The molecule has 0 aliphatic carbocycles. The van der Waals surface area contributed by atoms with Crippen LogP contribution in [0.4, 0.5) is 13.2 Å². The van der Waals surface area contributed by atoms with Gasteiger partial charge in [0.1, 0.15) is 6.54 Å². The first-order chi connectivity index (χ1) is 6.71. The zero-order valence-electron chi connectivity index (χ0n) is 7.79. The number of rotatable bonds is 3. The van der Waals surface area contributed by atoms with Crippen molar-refractivity contribution in [2.75, 3.05) is 19.6 Å². The van der Waals surface area contributed by atoms with Gasteiger partial charge in [-0.2, -0.15) is 30.6 Å². The molecule has 0 spiro atoms. The Kier molecular flexibility index (Phi) is 3.59. The lowest BCUT2D eigenvalue weighted by molar-refractivity contribution is -0.121. The number of hydrogen-bond donors (Lipinski definition) is 2. The van der Waals surface area contributed by atoms with E-state index in [0.29, 0.717) is 6.42 Å². The molecule has 0 radical (unpaired) electrons. The first-order valence-electron chi connectivity index (χ1n) is 4.28. The van der Waals surface area contributed by atoms with Gasteiger partial charge in [-0.15, -0.1) is 0 Å². The molecular weight excluding hydrogens is 235 g/mol. The summed E-state index contributed by atoms with van der Waals surface area (Å²) in [6.45, 7) is -1.33. The number of nitrogens with one attached hydrogen (secondary N) is 1. The molecule has 1 heterocycles. The Labute approximate surface area is 85.6 Å². The minimum absolute atomic E-state index is 0.0627. The fourth-order valence-electron chi connectivity index (χ4n) is 1.24. The van der Waals surface area contributed by atoms with Crippen LogP contribution < -0.4 is 10.5 Å². The zero-order chi connectivity index (χ0) is 11.7. The van der Waals surface area contributed by atoms with E-state index in [0.717, 1.165) is 4.31 Å². The topological polar surface area (TPSA) is 75.4 Å². The molecule has 1 saturated heterocycles. The highest BCUT2D eigenvalue weighted by molar-refractivity contribution is 7.87. The summed E-state index contributed by atoms with van der Waals surface area (Å²) in [5.74, 6) is 0. The number of nitrogens with two attached hydrogens (primary N) is 1. The van der Waals surface area contributed by atoms with Crippen LogP contribution in [0, 0.1) is 0 Å². The standard InChI is InChI=1S/C6H12F3N3O2S/c7-6(8,9)4-11-15(13,14)12-2-1-5(10)3-12/h5,11H,1-4,10H2. The van der Waals surface area contributed by atoms with Crippen molar-refractivity contribution in [1.82, 2.24) is 9.03 Å². The summed E-state index contributed by atoms with van der Waals surface area (Å²) >= 11 is 0. The largest absolute Gasteiger partial charge is 0.402 e. The molecule has 5 nitrogen and oxygen atoms in total. The zero-order valence-corrected chi connectivity index (χ0v) is 8.61. The highest BCUT2D eigenvalue weighted by Crippen LogP contribution is 2.15. The van der Waals surface area contributed by atoms with Crippen molar-refractivity contribution < 1.29 is 21.6 Å². The molecule has 1 atom stereocenters. The lowest BCUT2D eigenvalue weighted by Crippen LogP contribution is -2.44. The van der Waals surface area contributed by atoms with E-state index < -0.39 is 22.9 Å². The van der Waals surface area contributed by atoms with E-state index in [1.54, 1.807) is 0 Å². The molecule has 0 bridgehead atoms. The average molecular weight is 247 g/mol. The van der Waals surface area contributed by atoms with Gasteiger partial charge in [0.15, 0.2) is 0 Å². The smallest absolute Gasteiger partial charge is 0.326 e. The van der Waals surface area contributed by atoms with Gasteiger partial charge in [0.2, 0.25) is 0 Å². The molecule has 0 saturated carbocycles. The summed E-state index contributed by atoms with van der Waals surface area (Å²) in [5.41, 5.74) is 5.45. The maximum atomic E-state index is 11.8. The van der Waals surface area contributed by atoms with Crippen LogP contribution in [0.15, 0.2) is 0 Å². The minimum Gasteiger partial charge on any atom is -0.326 e. The van der Waals surface area contributed by atoms with Crippen LogP contribution >= 0.6 is 0 Å². The second-order valence-electron chi connectivity index (χ2n) is 3.35. The molecule has 1 aliphatic rings. The summed E-state index contributed by atoms with van der Waals surface area (Å²) in [6.07, 6.45) is -4.08. The van der Waals surface area contributed by atoms with E-state index in [2.05, 4.69) is 0 Å². The van der Waals surface area contributed by atoms with Gasteiger partial charge < -0.3 is 5.73 Å². The Morgan fingerprint density at radius 2 is 2.07 bits per heavy atom. The average Bonchev–Trinajstić information content (AvgIpc) is 2.48. The molecule has 1 unspecified atom stereocenters. The van der Waals surface area contributed by atoms with Gasteiger partial charge in [-0.1, -0.05) is 0 Å². The van der Waals surface area contributed by atoms with Gasteiger partial charge >= 0.3 is 6.18 Å². The Hall–Kier alpha value is -0.380. The highest BCUT2D eigenvalue weighted by Gasteiger charge is 2.34. The third-order valence-electron chi connectivity index (χ3n) is 1.98. The SMILES string of the molecule is NC1CCN(S(=O)(=O)NCC(F)(F)F)C1. The first-order valence-corrected chi connectivity index (χ1v) is 5.72. The Bertz CT molecular complexity index is 316. The van der Waals surface area contributed by atoms with Gasteiger partial charge in [-0.05, 0) is 6.42 Å². The Morgan fingerprint density at radius 1 is 1.47 bits per heavy atom. The predicted molar refractivity (Wildman–Crippen MR) is 47.1 cm³/mol. The van der Waals surface area contributed by atoms with E-state index in [1.807, 2.05) is 0 Å². The van der Waals surface area contributed by atoms with Crippen LogP contribution in [-0.2, 0) is 10.2 Å². The second-order valence-corrected chi connectivity index (χ2v) is 5.10. The normalized spacial score (nSPS) is 24.7. The number of nitrogens with zero attached hydrogens (tertiary/aromatic N) is 1. The van der Waals surface area contributed by atoms with Crippen molar-refractivity contribution in [3.8, 4) is 0 Å². The fourth-order valence-corrected chi connectivity index (χ4v) is 2.50. The van der Waals surface area contributed by atoms with Crippen LogP contribution in [0.1, 0.15) is 6.42 Å². The molecule has 0 amide bonds.